The Hall–Kier alpha value is -1.41. The first kappa shape index (κ1) is 9.68. The SMILES string of the molecule is CNC.c1ccc2ncccc2c1. The van der Waals surface area contributed by atoms with Gasteiger partial charge in [0.1, 0.15) is 0 Å². The lowest BCUT2D eigenvalue weighted by Crippen LogP contribution is -1.89. The minimum atomic E-state index is 1.06. The van der Waals surface area contributed by atoms with Crippen LogP contribution in [-0.2, 0) is 0 Å². The summed E-state index contributed by atoms with van der Waals surface area (Å²) < 4.78 is 0. The third-order valence-corrected chi connectivity index (χ3v) is 1.51. The predicted molar refractivity (Wildman–Crippen MR) is 56.7 cm³/mol. The molecule has 0 saturated heterocycles. The van der Waals surface area contributed by atoms with Gasteiger partial charge in [-0.2, -0.15) is 0 Å². The third kappa shape index (κ3) is 2.84. The molecule has 0 bridgehead atoms. The summed E-state index contributed by atoms with van der Waals surface area (Å²) in [6.07, 6.45) is 1.81. The molecule has 0 aliphatic carbocycles. The molecule has 0 aliphatic heterocycles. The molecule has 1 aromatic heterocycles. The van der Waals surface area contributed by atoms with Crippen LogP contribution in [0.15, 0.2) is 42.6 Å². The average Bonchev–Trinajstić information content (AvgIpc) is 2.19. The number of nitrogens with one attached hydrogen (secondary N) is 1. The van der Waals surface area contributed by atoms with Crippen LogP contribution in [0, 0.1) is 0 Å². The number of rotatable bonds is 0. The van der Waals surface area contributed by atoms with Gasteiger partial charge in [0.15, 0.2) is 0 Å². The van der Waals surface area contributed by atoms with E-state index in [1.807, 2.05) is 44.6 Å². The van der Waals surface area contributed by atoms with Crippen molar-refractivity contribution in [2.45, 2.75) is 0 Å². The summed E-state index contributed by atoms with van der Waals surface area (Å²) in [5.74, 6) is 0. The van der Waals surface area contributed by atoms with Crippen molar-refractivity contribution in [2.75, 3.05) is 14.1 Å². The van der Waals surface area contributed by atoms with E-state index in [4.69, 9.17) is 0 Å². The van der Waals surface area contributed by atoms with Gasteiger partial charge < -0.3 is 5.32 Å². The smallest absolute Gasteiger partial charge is 0.0701 e. The number of benzene rings is 1. The van der Waals surface area contributed by atoms with Crippen LogP contribution in [0.2, 0.25) is 0 Å². The van der Waals surface area contributed by atoms with Gasteiger partial charge in [0.05, 0.1) is 5.52 Å². The largest absolute Gasteiger partial charge is 0.323 e. The number of nitrogens with zero attached hydrogens (tertiary/aromatic N) is 1. The van der Waals surface area contributed by atoms with Crippen molar-refractivity contribution in [3.63, 3.8) is 0 Å². The molecule has 0 spiro atoms. The minimum absolute atomic E-state index is 1.06. The fourth-order valence-electron chi connectivity index (χ4n) is 1.02. The van der Waals surface area contributed by atoms with Gasteiger partial charge in [-0.15, -0.1) is 0 Å². The van der Waals surface area contributed by atoms with E-state index in [0.29, 0.717) is 0 Å². The summed E-state index contributed by atoms with van der Waals surface area (Å²) in [6.45, 7) is 0. The van der Waals surface area contributed by atoms with Gasteiger partial charge in [-0.05, 0) is 26.2 Å². The van der Waals surface area contributed by atoms with Crippen molar-refractivity contribution in [2.24, 2.45) is 0 Å². The maximum absolute atomic E-state index is 4.18. The molecule has 0 atom stereocenters. The number of para-hydroxylation sites is 1. The van der Waals surface area contributed by atoms with E-state index in [1.54, 1.807) is 0 Å². The van der Waals surface area contributed by atoms with E-state index in [0.717, 1.165) is 5.52 Å². The van der Waals surface area contributed by atoms with Gasteiger partial charge in [0, 0.05) is 11.6 Å². The van der Waals surface area contributed by atoms with Crippen LogP contribution >= 0.6 is 0 Å². The minimum Gasteiger partial charge on any atom is -0.323 e. The molecule has 0 amide bonds. The first-order valence-corrected chi connectivity index (χ1v) is 4.26. The summed E-state index contributed by atoms with van der Waals surface area (Å²) in [5, 5.41) is 3.95. The molecule has 1 aromatic carbocycles. The second kappa shape index (κ2) is 5.27. The van der Waals surface area contributed by atoms with Gasteiger partial charge in [0.2, 0.25) is 0 Å². The molecule has 1 heterocycles. The van der Waals surface area contributed by atoms with Crippen LogP contribution in [-0.4, -0.2) is 19.1 Å². The molecule has 0 unspecified atom stereocenters. The van der Waals surface area contributed by atoms with Crippen molar-refractivity contribution in [1.29, 1.82) is 0 Å². The second-order valence-electron chi connectivity index (χ2n) is 2.70. The fourth-order valence-corrected chi connectivity index (χ4v) is 1.02. The zero-order valence-electron chi connectivity index (χ0n) is 7.99. The predicted octanol–water partition coefficient (Wildman–Crippen LogP) is 2.07. The van der Waals surface area contributed by atoms with Crippen molar-refractivity contribution in [3.05, 3.63) is 42.6 Å². The Morgan fingerprint density at radius 1 is 1.00 bits per heavy atom. The highest BCUT2D eigenvalue weighted by molar-refractivity contribution is 5.77. The fraction of sp³-hybridized carbons (Fsp3) is 0.182. The summed E-state index contributed by atoms with van der Waals surface area (Å²) in [4.78, 5) is 4.18. The van der Waals surface area contributed by atoms with Crippen LogP contribution in [0.1, 0.15) is 0 Å². The Morgan fingerprint density at radius 2 is 1.62 bits per heavy atom. The normalized spacial score (nSPS) is 9.08. The molecule has 0 saturated carbocycles. The molecule has 68 valence electrons. The lowest BCUT2D eigenvalue weighted by molar-refractivity contribution is 1.02. The molecule has 1 N–H and O–H groups in total. The Kier molecular flexibility index (Phi) is 3.93. The molecular formula is C11H14N2. The number of hydrogen-bond acceptors (Lipinski definition) is 2. The van der Waals surface area contributed by atoms with E-state index in [9.17, 15) is 0 Å². The Balaban J connectivity index is 0.000000251. The number of pyridine rings is 1. The van der Waals surface area contributed by atoms with Crippen molar-refractivity contribution in [1.82, 2.24) is 10.3 Å². The van der Waals surface area contributed by atoms with E-state index in [1.165, 1.54) is 5.39 Å². The third-order valence-electron chi connectivity index (χ3n) is 1.51. The lowest BCUT2D eigenvalue weighted by Gasteiger charge is -1.91. The van der Waals surface area contributed by atoms with Crippen molar-refractivity contribution in [3.8, 4) is 0 Å². The summed E-state index contributed by atoms with van der Waals surface area (Å²) in [6, 6.07) is 12.1. The van der Waals surface area contributed by atoms with Crippen LogP contribution in [0.25, 0.3) is 10.9 Å². The molecule has 2 rings (SSSR count). The number of aromatic nitrogens is 1. The summed E-state index contributed by atoms with van der Waals surface area (Å²) in [5.41, 5.74) is 1.06. The second-order valence-corrected chi connectivity index (χ2v) is 2.70. The van der Waals surface area contributed by atoms with Gasteiger partial charge in [-0.25, -0.2) is 0 Å². The van der Waals surface area contributed by atoms with Gasteiger partial charge in [0.25, 0.3) is 0 Å². The summed E-state index contributed by atoms with van der Waals surface area (Å²) in [7, 11) is 3.75. The first-order chi connectivity index (χ1) is 6.38. The number of hydrogen-bond donors (Lipinski definition) is 1. The maximum Gasteiger partial charge on any atom is 0.0701 e. The Bertz CT molecular complexity index is 292. The highest BCUT2D eigenvalue weighted by atomic mass is 14.7. The van der Waals surface area contributed by atoms with Gasteiger partial charge in [-0.1, -0.05) is 24.3 Å². The van der Waals surface area contributed by atoms with Gasteiger partial charge >= 0.3 is 0 Å². The highest BCUT2D eigenvalue weighted by Crippen LogP contribution is 2.07. The standard InChI is InChI=1S/C9H7N.C2H7N/c1-2-6-9-8(4-1)5-3-7-10-9;1-3-2/h1-7H;3H,1-2H3. The van der Waals surface area contributed by atoms with E-state index >= 15 is 0 Å². The molecular weight excluding hydrogens is 160 g/mol. The molecule has 0 fully saturated rings. The van der Waals surface area contributed by atoms with Gasteiger partial charge in [-0.3, -0.25) is 4.98 Å². The molecule has 2 nitrogen and oxygen atoms in total. The number of fused-ring (bicyclic) bond motifs is 1. The van der Waals surface area contributed by atoms with E-state index in [2.05, 4.69) is 22.4 Å². The highest BCUT2D eigenvalue weighted by Gasteiger charge is 1.86. The van der Waals surface area contributed by atoms with Crippen LogP contribution in [0.4, 0.5) is 0 Å². The zero-order valence-corrected chi connectivity index (χ0v) is 7.99. The Morgan fingerprint density at radius 3 is 2.31 bits per heavy atom. The average molecular weight is 174 g/mol. The molecule has 13 heavy (non-hydrogen) atoms. The zero-order chi connectivity index (χ0) is 9.52. The maximum atomic E-state index is 4.18. The lowest BCUT2D eigenvalue weighted by atomic mass is 10.2. The quantitative estimate of drug-likeness (QED) is 0.661. The molecule has 2 heteroatoms. The van der Waals surface area contributed by atoms with Crippen molar-refractivity contribution >= 4 is 10.9 Å². The van der Waals surface area contributed by atoms with Crippen LogP contribution in [0.5, 0.6) is 0 Å². The summed E-state index contributed by atoms with van der Waals surface area (Å²) >= 11 is 0. The molecule has 0 radical (unpaired) electrons. The van der Waals surface area contributed by atoms with E-state index < -0.39 is 0 Å². The van der Waals surface area contributed by atoms with Crippen LogP contribution < -0.4 is 5.32 Å². The monoisotopic (exact) mass is 174 g/mol. The molecule has 2 aromatic rings. The van der Waals surface area contributed by atoms with Crippen molar-refractivity contribution < 1.29 is 0 Å². The first-order valence-electron chi connectivity index (χ1n) is 4.26. The molecule has 0 aliphatic rings. The Labute approximate surface area is 78.6 Å². The van der Waals surface area contributed by atoms with Crippen LogP contribution in [0.3, 0.4) is 0 Å². The topological polar surface area (TPSA) is 24.9 Å². The van der Waals surface area contributed by atoms with E-state index in [-0.39, 0.29) is 0 Å².